The molecule has 2 N–H and O–H groups in total. The number of anilines is 1. The Morgan fingerprint density at radius 1 is 1.07 bits per heavy atom. The van der Waals surface area contributed by atoms with Gasteiger partial charge in [-0.2, -0.15) is 10.1 Å². The topological polar surface area (TPSA) is 75.6 Å². The first kappa shape index (κ1) is 15.8. The molecule has 6 nitrogen and oxygen atoms in total. The Kier molecular flexibility index (Phi) is 3.74. The zero-order valence-corrected chi connectivity index (χ0v) is 14.7. The molecule has 27 heavy (non-hydrogen) atoms. The van der Waals surface area contributed by atoms with Crippen LogP contribution in [0.25, 0.3) is 16.7 Å². The minimum Gasteiger partial charge on any atom is -0.355 e. The molecule has 1 aliphatic carbocycles. The fraction of sp³-hybridized carbons (Fsp3) is 0.190. The summed E-state index contributed by atoms with van der Waals surface area (Å²) in [6, 6.07) is 20.3. The summed E-state index contributed by atoms with van der Waals surface area (Å²) in [5, 5.41) is 8.12. The van der Waals surface area contributed by atoms with E-state index < -0.39 is 0 Å². The normalized spacial score (nSPS) is 18.5. The van der Waals surface area contributed by atoms with Gasteiger partial charge in [-0.1, -0.05) is 48.5 Å². The number of nitrogens with zero attached hydrogens (tertiary/aromatic N) is 3. The number of H-pyrrole nitrogens is 1. The first-order chi connectivity index (χ1) is 13.3. The Morgan fingerprint density at radius 2 is 1.81 bits per heavy atom. The van der Waals surface area contributed by atoms with Crippen LogP contribution in [0.2, 0.25) is 0 Å². The summed E-state index contributed by atoms with van der Waals surface area (Å²) in [4.78, 5) is 19.8. The molecule has 1 aliphatic rings. The second-order valence-electron chi connectivity index (χ2n) is 6.94. The van der Waals surface area contributed by atoms with E-state index in [2.05, 4.69) is 44.6 Å². The van der Waals surface area contributed by atoms with Gasteiger partial charge in [-0.25, -0.2) is 4.68 Å². The van der Waals surface area contributed by atoms with E-state index in [1.807, 2.05) is 36.4 Å². The third-order valence-electron chi connectivity index (χ3n) is 5.12. The summed E-state index contributed by atoms with van der Waals surface area (Å²) < 4.78 is 1.69. The number of nitrogens with one attached hydrogen (secondary N) is 2. The van der Waals surface area contributed by atoms with E-state index in [1.54, 1.807) is 10.9 Å². The van der Waals surface area contributed by atoms with Gasteiger partial charge in [-0.05, 0) is 36.0 Å². The quantitative estimate of drug-likeness (QED) is 0.574. The summed E-state index contributed by atoms with van der Waals surface area (Å²) in [7, 11) is 0. The van der Waals surface area contributed by atoms with Crippen LogP contribution in [0, 0.1) is 5.92 Å². The lowest BCUT2D eigenvalue weighted by Crippen LogP contribution is -2.15. The molecule has 0 spiro atoms. The van der Waals surface area contributed by atoms with Crippen molar-refractivity contribution in [1.82, 2.24) is 19.7 Å². The van der Waals surface area contributed by atoms with Crippen LogP contribution in [0.1, 0.15) is 17.9 Å². The predicted molar refractivity (Wildman–Crippen MR) is 105 cm³/mol. The maximum absolute atomic E-state index is 12.4. The van der Waals surface area contributed by atoms with Gasteiger partial charge in [0.05, 0.1) is 11.9 Å². The third-order valence-corrected chi connectivity index (χ3v) is 5.12. The van der Waals surface area contributed by atoms with Crippen molar-refractivity contribution in [3.05, 3.63) is 82.8 Å². The average Bonchev–Trinajstić information content (AvgIpc) is 3.37. The largest absolute Gasteiger partial charge is 0.355 e. The number of para-hydroxylation sites is 1. The summed E-state index contributed by atoms with van der Waals surface area (Å²) in [5.74, 6) is 1.64. The first-order valence-corrected chi connectivity index (χ1v) is 9.12. The fourth-order valence-corrected chi connectivity index (χ4v) is 3.57. The van der Waals surface area contributed by atoms with Crippen LogP contribution < -0.4 is 10.9 Å². The van der Waals surface area contributed by atoms with Crippen LogP contribution >= 0.6 is 0 Å². The van der Waals surface area contributed by atoms with Crippen molar-refractivity contribution in [3.63, 3.8) is 0 Å². The molecule has 0 saturated heterocycles. The maximum Gasteiger partial charge on any atom is 0.263 e. The van der Waals surface area contributed by atoms with Gasteiger partial charge in [0, 0.05) is 6.54 Å². The minimum atomic E-state index is -0.180. The van der Waals surface area contributed by atoms with Gasteiger partial charge in [0.1, 0.15) is 5.39 Å². The molecule has 2 aromatic heterocycles. The summed E-state index contributed by atoms with van der Waals surface area (Å²) in [5.41, 5.74) is 2.63. The number of rotatable bonds is 5. The molecule has 0 aliphatic heterocycles. The van der Waals surface area contributed by atoms with Crippen LogP contribution in [-0.4, -0.2) is 26.3 Å². The van der Waals surface area contributed by atoms with Crippen molar-refractivity contribution in [3.8, 4) is 5.69 Å². The molecule has 134 valence electrons. The van der Waals surface area contributed by atoms with Crippen LogP contribution in [0.5, 0.6) is 0 Å². The monoisotopic (exact) mass is 357 g/mol. The van der Waals surface area contributed by atoms with Crippen molar-refractivity contribution in [2.75, 3.05) is 11.9 Å². The molecule has 0 radical (unpaired) electrons. The number of aromatic amines is 1. The third kappa shape index (κ3) is 2.99. The van der Waals surface area contributed by atoms with Gasteiger partial charge in [-0.15, -0.1) is 0 Å². The number of aromatic nitrogens is 4. The molecular formula is C21H19N5O. The Hall–Kier alpha value is -3.41. The van der Waals surface area contributed by atoms with Crippen molar-refractivity contribution >= 4 is 17.0 Å². The summed E-state index contributed by atoms with van der Waals surface area (Å²) in [6.45, 7) is 0.785. The predicted octanol–water partition coefficient (Wildman–Crippen LogP) is 3.32. The van der Waals surface area contributed by atoms with Crippen LogP contribution in [0.3, 0.4) is 0 Å². The molecule has 2 unspecified atom stereocenters. The van der Waals surface area contributed by atoms with E-state index >= 15 is 0 Å². The lowest BCUT2D eigenvalue weighted by molar-refractivity contribution is 0.831. The molecule has 0 amide bonds. The van der Waals surface area contributed by atoms with Crippen LogP contribution in [0.4, 0.5) is 5.95 Å². The van der Waals surface area contributed by atoms with Crippen LogP contribution in [0.15, 0.2) is 71.7 Å². The lowest BCUT2D eigenvalue weighted by Gasteiger charge is -2.07. The molecule has 5 rings (SSSR count). The highest BCUT2D eigenvalue weighted by Crippen LogP contribution is 2.47. The fourth-order valence-electron chi connectivity index (χ4n) is 3.57. The van der Waals surface area contributed by atoms with E-state index in [0.717, 1.165) is 18.7 Å². The number of fused-ring (bicyclic) bond motifs is 1. The lowest BCUT2D eigenvalue weighted by atomic mass is 10.1. The Balaban J connectivity index is 1.38. The highest BCUT2D eigenvalue weighted by Gasteiger charge is 2.37. The highest BCUT2D eigenvalue weighted by molar-refractivity contribution is 5.76. The molecule has 1 fully saturated rings. The van der Waals surface area contributed by atoms with Gasteiger partial charge in [-0.3, -0.25) is 9.78 Å². The van der Waals surface area contributed by atoms with E-state index in [-0.39, 0.29) is 5.56 Å². The van der Waals surface area contributed by atoms with Crippen molar-refractivity contribution < 1.29 is 0 Å². The van der Waals surface area contributed by atoms with Gasteiger partial charge in [0.2, 0.25) is 5.95 Å². The van der Waals surface area contributed by atoms with Gasteiger partial charge >= 0.3 is 0 Å². The van der Waals surface area contributed by atoms with Gasteiger partial charge in [0.25, 0.3) is 5.56 Å². The van der Waals surface area contributed by atoms with Crippen LogP contribution in [-0.2, 0) is 0 Å². The molecular weight excluding hydrogens is 338 g/mol. The van der Waals surface area contributed by atoms with E-state index in [4.69, 9.17) is 0 Å². The van der Waals surface area contributed by atoms with Crippen molar-refractivity contribution in [1.29, 1.82) is 0 Å². The standard InChI is InChI=1S/C21H19N5O/c27-20-18-13-23-26(16-9-5-2-6-10-16)19(18)24-21(25-20)22-12-15-11-17(15)14-7-3-1-4-8-14/h1-10,13,15,17H,11-12H2,(H2,22,24,25,27). The number of hydrogen-bond donors (Lipinski definition) is 2. The smallest absolute Gasteiger partial charge is 0.263 e. The summed E-state index contributed by atoms with van der Waals surface area (Å²) >= 11 is 0. The maximum atomic E-state index is 12.4. The van der Waals surface area contributed by atoms with E-state index in [0.29, 0.717) is 28.8 Å². The molecule has 2 aromatic carbocycles. The second-order valence-corrected chi connectivity index (χ2v) is 6.94. The van der Waals surface area contributed by atoms with Crippen molar-refractivity contribution in [2.24, 2.45) is 5.92 Å². The SMILES string of the molecule is O=c1[nH]c(NCC2CC2c2ccccc2)nc2c1cnn2-c1ccccc1. The number of benzene rings is 2. The minimum absolute atomic E-state index is 0.180. The Bertz CT molecular complexity index is 1130. The zero-order valence-electron chi connectivity index (χ0n) is 14.7. The van der Waals surface area contributed by atoms with E-state index in [1.165, 1.54) is 5.56 Å². The van der Waals surface area contributed by atoms with E-state index in [9.17, 15) is 4.79 Å². The average molecular weight is 357 g/mol. The molecule has 4 aromatic rings. The number of hydrogen-bond acceptors (Lipinski definition) is 4. The summed E-state index contributed by atoms with van der Waals surface area (Å²) in [6.07, 6.45) is 2.72. The first-order valence-electron chi connectivity index (χ1n) is 9.12. The highest BCUT2D eigenvalue weighted by atomic mass is 16.1. The molecule has 2 atom stereocenters. The molecule has 1 saturated carbocycles. The zero-order chi connectivity index (χ0) is 18.2. The molecule has 2 heterocycles. The molecule has 0 bridgehead atoms. The second kappa shape index (κ2) is 6.39. The van der Waals surface area contributed by atoms with Crippen molar-refractivity contribution in [2.45, 2.75) is 12.3 Å². The Morgan fingerprint density at radius 3 is 2.59 bits per heavy atom. The molecule has 6 heteroatoms. The van der Waals surface area contributed by atoms with Gasteiger partial charge < -0.3 is 5.32 Å². The van der Waals surface area contributed by atoms with Gasteiger partial charge in [0.15, 0.2) is 5.65 Å². The Labute approximate surface area is 155 Å².